The molecule has 1 atom stereocenters. The summed E-state index contributed by atoms with van der Waals surface area (Å²) >= 11 is 0. The molecule has 2 heterocycles. The monoisotopic (exact) mass is 416 g/mol. The third-order valence-electron chi connectivity index (χ3n) is 4.24. The van der Waals surface area contributed by atoms with E-state index in [4.69, 9.17) is 5.73 Å². The second kappa shape index (κ2) is 10.0. The summed E-state index contributed by atoms with van der Waals surface area (Å²) < 4.78 is 0. The molecule has 3 N–H and O–H groups in total. The van der Waals surface area contributed by atoms with Crippen LogP contribution in [0.3, 0.4) is 0 Å². The number of amides is 2. The van der Waals surface area contributed by atoms with E-state index >= 15 is 0 Å². The molecule has 9 heteroatoms. The normalized spacial score (nSPS) is 11.2. The maximum absolute atomic E-state index is 11.8. The van der Waals surface area contributed by atoms with Crippen molar-refractivity contribution in [2.24, 2.45) is 5.73 Å². The maximum Gasteiger partial charge on any atom is 0.267 e. The van der Waals surface area contributed by atoms with Gasteiger partial charge in [-0.2, -0.15) is 0 Å². The lowest BCUT2D eigenvalue weighted by atomic mass is 10.1. The Labute approximate surface area is 179 Å². The van der Waals surface area contributed by atoms with E-state index in [1.165, 1.54) is 29.6 Å². The lowest BCUT2D eigenvalue weighted by Gasteiger charge is -2.10. The number of aliphatic hydroxyl groups excluding tert-OH is 1. The Morgan fingerprint density at radius 1 is 1.26 bits per heavy atom. The summed E-state index contributed by atoms with van der Waals surface area (Å²) in [6, 6.07) is 8.54. The molecular formula is C22H20N6O3. The molecule has 0 radical (unpaired) electrons. The zero-order valence-electron chi connectivity index (χ0n) is 16.8. The van der Waals surface area contributed by atoms with Crippen molar-refractivity contribution in [2.75, 3.05) is 13.6 Å². The molecule has 3 rings (SSSR count). The van der Waals surface area contributed by atoms with Crippen LogP contribution in [-0.2, 0) is 4.79 Å². The first kappa shape index (κ1) is 21.5. The number of carbonyl (C=O) groups is 2. The maximum atomic E-state index is 11.8. The quantitative estimate of drug-likeness (QED) is 0.431. The molecule has 156 valence electrons. The number of aliphatic hydroxyl groups is 1. The van der Waals surface area contributed by atoms with Gasteiger partial charge in [-0.15, -0.1) is 0 Å². The second-order valence-corrected chi connectivity index (χ2v) is 6.66. The Bertz CT molecular complexity index is 1140. The van der Waals surface area contributed by atoms with Crippen molar-refractivity contribution in [3.8, 4) is 34.6 Å². The highest BCUT2D eigenvalue weighted by Crippen LogP contribution is 2.21. The van der Waals surface area contributed by atoms with Gasteiger partial charge in [-0.05, 0) is 18.2 Å². The van der Waals surface area contributed by atoms with Crippen LogP contribution in [0, 0.1) is 11.8 Å². The third kappa shape index (κ3) is 5.91. The predicted molar refractivity (Wildman–Crippen MR) is 113 cm³/mol. The minimum Gasteiger partial charge on any atom is -0.380 e. The molecule has 0 saturated carbocycles. The SMILES string of the molecule is CN(C=O)CC[C@@H](O)C#Cc1cccc(-c2nc(C(N)=O)cc(-c3cnccn3)n2)c1. The van der Waals surface area contributed by atoms with Crippen molar-refractivity contribution in [2.45, 2.75) is 12.5 Å². The van der Waals surface area contributed by atoms with Gasteiger partial charge in [0.1, 0.15) is 17.5 Å². The number of nitrogens with zero attached hydrogens (tertiary/aromatic N) is 5. The fourth-order valence-corrected chi connectivity index (χ4v) is 2.62. The molecule has 0 aliphatic heterocycles. The van der Waals surface area contributed by atoms with Crippen molar-refractivity contribution in [1.29, 1.82) is 0 Å². The first-order chi connectivity index (χ1) is 15.0. The van der Waals surface area contributed by atoms with Crippen LogP contribution in [0.5, 0.6) is 0 Å². The Kier molecular flexibility index (Phi) is 6.98. The first-order valence-electron chi connectivity index (χ1n) is 9.37. The van der Waals surface area contributed by atoms with Crippen LogP contribution in [0.15, 0.2) is 48.9 Å². The largest absolute Gasteiger partial charge is 0.380 e. The minimum atomic E-state index is -0.872. The van der Waals surface area contributed by atoms with Crippen LogP contribution in [0.1, 0.15) is 22.5 Å². The molecule has 1 aromatic carbocycles. The smallest absolute Gasteiger partial charge is 0.267 e. The van der Waals surface area contributed by atoms with Gasteiger partial charge in [-0.25, -0.2) is 9.97 Å². The molecule has 0 unspecified atom stereocenters. The molecule has 0 bridgehead atoms. The van der Waals surface area contributed by atoms with Gasteiger partial charge in [0.05, 0.1) is 11.9 Å². The highest BCUT2D eigenvalue weighted by Gasteiger charge is 2.13. The fraction of sp³-hybridized carbons (Fsp3) is 0.182. The van der Waals surface area contributed by atoms with Gasteiger partial charge in [0.2, 0.25) is 6.41 Å². The molecule has 0 aliphatic rings. The number of hydrogen-bond donors (Lipinski definition) is 2. The summed E-state index contributed by atoms with van der Waals surface area (Å²) in [6.45, 7) is 0.401. The van der Waals surface area contributed by atoms with E-state index in [2.05, 4.69) is 31.8 Å². The molecule has 0 saturated heterocycles. The van der Waals surface area contributed by atoms with E-state index in [1.807, 2.05) is 0 Å². The van der Waals surface area contributed by atoms with Crippen molar-refractivity contribution in [3.05, 3.63) is 60.2 Å². The first-order valence-corrected chi connectivity index (χ1v) is 9.37. The molecule has 2 amide bonds. The van der Waals surface area contributed by atoms with Crippen molar-refractivity contribution >= 4 is 12.3 Å². The highest BCUT2D eigenvalue weighted by atomic mass is 16.3. The van der Waals surface area contributed by atoms with E-state index < -0.39 is 12.0 Å². The molecule has 0 aliphatic carbocycles. The minimum absolute atomic E-state index is 0.0526. The van der Waals surface area contributed by atoms with Crippen molar-refractivity contribution in [1.82, 2.24) is 24.8 Å². The summed E-state index contributed by atoms with van der Waals surface area (Å²) in [6.07, 6.45) is 4.75. The summed E-state index contributed by atoms with van der Waals surface area (Å²) in [5, 5.41) is 10.00. The Balaban J connectivity index is 1.90. The average molecular weight is 416 g/mol. The molecule has 9 nitrogen and oxygen atoms in total. The Hall–Kier alpha value is -4.16. The van der Waals surface area contributed by atoms with Gasteiger partial charge in [-0.3, -0.25) is 19.6 Å². The van der Waals surface area contributed by atoms with Gasteiger partial charge >= 0.3 is 0 Å². The molecule has 0 spiro atoms. The zero-order chi connectivity index (χ0) is 22.2. The molecule has 3 aromatic rings. The zero-order valence-corrected chi connectivity index (χ0v) is 16.8. The summed E-state index contributed by atoms with van der Waals surface area (Å²) in [4.78, 5) is 40.8. The highest BCUT2D eigenvalue weighted by molar-refractivity contribution is 5.92. The van der Waals surface area contributed by atoms with Crippen molar-refractivity contribution < 1.29 is 14.7 Å². The lowest BCUT2D eigenvalue weighted by molar-refractivity contribution is -0.117. The average Bonchev–Trinajstić information content (AvgIpc) is 2.81. The van der Waals surface area contributed by atoms with Crippen LogP contribution < -0.4 is 5.73 Å². The van der Waals surface area contributed by atoms with E-state index in [9.17, 15) is 14.7 Å². The molecule has 0 fully saturated rings. The van der Waals surface area contributed by atoms with Crippen LogP contribution in [0.25, 0.3) is 22.8 Å². The molecule has 2 aromatic heterocycles. The second-order valence-electron chi connectivity index (χ2n) is 6.66. The van der Waals surface area contributed by atoms with Crippen molar-refractivity contribution in [3.63, 3.8) is 0 Å². The van der Waals surface area contributed by atoms with Gasteiger partial charge in [0.25, 0.3) is 5.91 Å². The van der Waals surface area contributed by atoms with Crippen LogP contribution in [0.4, 0.5) is 0 Å². The number of aromatic nitrogens is 4. The van der Waals surface area contributed by atoms with Gasteiger partial charge in [0, 0.05) is 43.5 Å². The van der Waals surface area contributed by atoms with Crippen LogP contribution in [-0.4, -0.2) is 62.0 Å². The van der Waals surface area contributed by atoms with E-state index in [-0.39, 0.29) is 11.5 Å². The van der Waals surface area contributed by atoms with Crippen LogP contribution in [0.2, 0.25) is 0 Å². The van der Waals surface area contributed by atoms with E-state index in [0.717, 1.165) is 0 Å². The van der Waals surface area contributed by atoms with E-state index in [0.29, 0.717) is 41.9 Å². The Morgan fingerprint density at radius 2 is 2.10 bits per heavy atom. The topological polar surface area (TPSA) is 135 Å². The summed E-state index contributed by atoms with van der Waals surface area (Å²) in [5.74, 6) is 5.26. The fourth-order valence-electron chi connectivity index (χ4n) is 2.62. The molecule has 31 heavy (non-hydrogen) atoms. The Morgan fingerprint density at radius 3 is 2.81 bits per heavy atom. The van der Waals surface area contributed by atoms with Gasteiger partial charge in [0.15, 0.2) is 5.82 Å². The number of rotatable bonds is 7. The number of primary amides is 1. The third-order valence-corrected chi connectivity index (χ3v) is 4.24. The van der Waals surface area contributed by atoms with Gasteiger partial charge < -0.3 is 15.7 Å². The number of carbonyl (C=O) groups excluding carboxylic acids is 2. The summed E-state index contributed by atoms with van der Waals surface area (Å²) in [7, 11) is 1.63. The number of benzene rings is 1. The summed E-state index contributed by atoms with van der Waals surface area (Å²) in [5.41, 5.74) is 7.64. The van der Waals surface area contributed by atoms with E-state index in [1.54, 1.807) is 31.3 Å². The number of hydrogen-bond acceptors (Lipinski definition) is 7. The standard InChI is InChI=1S/C22H20N6O3/c1-28(14-29)10-7-17(30)6-5-15-3-2-4-16(11-15)22-26-18(12-19(27-22)21(23)31)20-13-24-8-9-25-20/h2-4,8-9,11-14,17,30H,7,10H2,1H3,(H2,23,31)/t17-/m0/s1. The predicted octanol–water partition coefficient (Wildman–Crippen LogP) is 0.890. The van der Waals surface area contributed by atoms with Crippen LogP contribution >= 0.6 is 0 Å². The molecular weight excluding hydrogens is 396 g/mol. The number of nitrogens with two attached hydrogens (primary N) is 1. The van der Waals surface area contributed by atoms with Gasteiger partial charge in [-0.1, -0.05) is 24.0 Å². The lowest BCUT2D eigenvalue weighted by Crippen LogP contribution is -2.21.